The van der Waals surface area contributed by atoms with Crippen molar-refractivity contribution in [3.63, 3.8) is 0 Å². The summed E-state index contributed by atoms with van der Waals surface area (Å²) < 4.78 is 29.2. The number of thiazole rings is 1. The summed E-state index contributed by atoms with van der Waals surface area (Å²) in [6.45, 7) is 9.30. The minimum Gasteiger partial charge on any atom is -0.302 e. The number of aromatic nitrogens is 1. The molecule has 3 heterocycles. The third kappa shape index (κ3) is 4.89. The van der Waals surface area contributed by atoms with Crippen molar-refractivity contribution < 1.29 is 13.2 Å². The van der Waals surface area contributed by atoms with Gasteiger partial charge in [-0.3, -0.25) is 9.69 Å². The number of carbonyl (C=O) groups is 1. The van der Waals surface area contributed by atoms with Gasteiger partial charge in [0.1, 0.15) is 10.3 Å². The Morgan fingerprint density at radius 3 is 2.68 bits per heavy atom. The fourth-order valence-corrected chi connectivity index (χ4v) is 8.25. The van der Waals surface area contributed by atoms with Gasteiger partial charge in [0.05, 0.1) is 10.2 Å². The third-order valence-electron chi connectivity index (χ3n) is 6.31. The van der Waals surface area contributed by atoms with Gasteiger partial charge in [-0.25, -0.2) is 13.4 Å². The van der Waals surface area contributed by atoms with Crippen molar-refractivity contribution >= 4 is 65.6 Å². The largest absolute Gasteiger partial charge is 0.302 e. The van der Waals surface area contributed by atoms with Gasteiger partial charge in [-0.05, 0) is 62.0 Å². The number of carbonyl (C=O) groups excluding carboxylic acids is 1. The lowest BCUT2D eigenvalue weighted by Gasteiger charge is -2.29. The first kappa shape index (κ1) is 25.5. The van der Waals surface area contributed by atoms with Crippen LogP contribution in [0.25, 0.3) is 10.2 Å². The van der Waals surface area contributed by atoms with Crippen LogP contribution < -0.4 is 4.90 Å². The van der Waals surface area contributed by atoms with E-state index in [2.05, 4.69) is 18.7 Å². The molecule has 1 unspecified atom stereocenters. The number of halogens is 1. The van der Waals surface area contributed by atoms with E-state index in [1.807, 2.05) is 19.1 Å². The number of rotatable bonds is 9. The Bertz CT molecular complexity index is 1260. The van der Waals surface area contributed by atoms with Gasteiger partial charge in [-0.2, -0.15) is 4.31 Å². The average molecular weight is 541 g/mol. The minimum atomic E-state index is -3.72. The summed E-state index contributed by atoms with van der Waals surface area (Å²) >= 11 is 8.92. The Morgan fingerprint density at radius 1 is 1.24 bits per heavy atom. The van der Waals surface area contributed by atoms with E-state index in [-0.39, 0.29) is 10.1 Å². The highest BCUT2D eigenvalue weighted by atomic mass is 35.5. The summed E-state index contributed by atoms with van der Waals surface area (Å²) in [5, 5.41) is 2.96. The summed E-state index contributed by atoms with van der Waals surface area (Å²) in [4.78, 5) is 22.6. The molecule has 0 aliphatic carbocycles. The average Bonchev–Trinajstić information content (AvgIpc) is 3.60. The Hall–Kier alpha value is -1.56. The van der Waals surface area contributed by atoms with Crippen molar-refractivity contribution in [3.05, 3.63) is 40.2 Å². The van der Waals surface area contributed by atoms with Gasteiger partial charge >= 0.3 is 0 Å². The normalized spacial score (nSPS) is 17.1. The number of amides is 1. The molecule has 0 radical (unpaired) electrons. The Labute approximate surface area is 214 Å². The SMILES string of the molecule is CCN(CC)CCN(C(=O)C1CCCN1S(=O)(=O)c1cccs1)c1nc2c(C)c(Cl)ccc2s1. The van der Waals surface area contributed by atoms with Crippen molar-refractivity contribution in [1.82, 2.24) is 14.2 Å². The second-order valence-corrected chi connectivity index (χ2v) is 12.7. The quantitative estimate of drug-likeness (QED) is 0.388. The molecule has 0 spiro atoms. The molecule has 11 heteroatoms. The van der Waals surface area contributed by atoms with Crippen LogP contribution in [0.3, 0.4) is 0 Å². The molecule has 1 saturated heterocycles. The molecule has 1 amide bonds. The van der Waals surface area contributed by atoms with Crippen LogP contribution in [0.1, 0.15) is 32.3 Å². The predicted molar refractivity (Wildman–Crippen MR) is 141 cm³/mol. The molecule has 3 aromatic rings. The van der Waals surface area contributed by atoms with Crippen molar-refractivity contribution in [1.29, 1.82) is 0 Å². The van der Waals surface area contributed by atoms with Gasteiger partial charge in [0, 0.05) is 24.7 Å². The molecule has 34 heavy (non-hydrogen) atoms. The lowest BCUT2D eigenvalue weighted by atomic mass is 10.2. The Morgan fingerprint density at radius 2 is 2.00 bits per heavy atom. The maximum atomic E-state index is 13.9. The molecule has 1 aliphatic rings. The third-order valence-corrected chi connectivity index (χ3v) is 11.0. The molecule has 2 aromatic heterocycles. The number of sulfonamides is 1. The molecule has 4 rings (SSSR count). The highest BCUT2D eigenvalue weighted by Gasteiger charge is 2.42. The van der Waals surface area contributed by atoms with Gasteiger partial charge in [-0.1, -0.05) is 42.9 Å². The summed E-state index contributed by atoms with van der Waals surface area (Å²) in [6, 6.07) is 6.34. The van der Waals surface area contributed by atoms with E-state index in [1.54, 1.807) is 22.4 Å². The smallest absolute Gasteiger partial charge is 0.253 e. The zero-order valence-electron chi connectivity index (χ0n) is 19.5. The fourth-order valence-electron chi connectivity index (χ4n) is 4.27. The number of nitrogens with zero attached hydrogens (tertiary/aromatic N) is 4. The van der Waals surface area contributed by atoms with Crippen molar-refractivity contribution in [2.75, 3.05) is 37.6 Å². The number of anilines is 1. The maximum Gasteiger partial charge on any atom is 0.253 e. The van der Waals surface area contributed by atoms with Crippen LogP contribution in [0, 0.1) is 6.92 Å². The minimum absolute atomic E-state index is 0.215. The molecular weight excluding hydrogens is 512 g/mol. The zero-order valence-corrected chi connectivity index (χ0v) is 22.7. The molecule has 0 saturated carbocycles. The van der Waals surface area contributed by atoms with Gasteiger partial charge in [0.15, 0.2) is 5.13 Å². The van der Waals surface area contributed by atoms with Crippen LogP contribution >= 0.6 is 34.3 Å². The zero-order chi connectivity index (χ0) is 24.5. The Balaban J connectivity index is 1.70. The number of fused-ring (bicyclic) bond motifs is 1. The van der Waals surface area contributed by atoms with E-state index in [0.29, 0.717) is 42.6 Å². The maximum absolute atomic E-state index is 13.9. The summed E-state index contributed by atoms with van der Waals surface area (Å²) in [5.41, 5.74) is 1.66. The first-order chi connectivity index (χ1) is 16.3. The van der Waals surface area contributed by atoms with Crippen LogP contribution in [0.4, 0.5) is 5.13 Å². The van der Waals surface area contributed by atoms with Crippen LogP contribution in [0.15, 0.2) is 33.9 Å². The first-order valence-electron chi connectivity index (χ1n) is 11.4. The van der Waals surface area contributed by atoms with E-state index in [1.165, 1.54) is 27.0 Å². The number of thiophene rings is 1. The van der Waals surface area contributed by atoms with Crippen molar-refractivity contribution in [2.24, 2.45) is 0 Å². The fraction of sp³-hybridized carbons (Fsp3) is 0.478. The number of aryl methyl sites for hydroxylation is 1. The van der Waals surface area contributed by atoms with Gasteiger partial charge in [-0.15, -0.1) is 11.3 Å². The summed E-state index contributed by atoms with van der Waals surface area (Å²) in [7, 11) is -3.72. The first-order valence-corrected chi connectivity index (χ1v) is 14.9. The number of hydrogen-bond acceptors (Lipinski definition) is 7. The second-order valence-electron chi connectivity index (χ2n) is 8.24. The highest BCUT2D eigenvalue weighted by molar-refractivity contribution is 7.91. The van der Waals surface area contributed by atoms with Crippen LogP contribution in [0.2, 0.25) is 5.02 Å². The van der Waals surface area contributed by atoms with E-state index < -0.39 is 16.1 Å². The van der Waals surface area contributed by atoms with Crippen LogP contribution in [-0.2, 0) is 14.8 Å². The van der Waals surface area contributed by atoms with Gasteiger partial charge < -0.3 is 4.90 Å². The van der Waals surface area contributed by atoms with Gasteiger partial charge in [0.2, 0.25) is 5.91 Å². The van der Waals surface area contributed by atoms with E-state index in [4.69, 9.17) is 16.6 Å². The van der Waals surface area contributed by atoms with Crippen LogP contribution in [0.5, 0.6) is 0 Å². The topological polar surface area (TPSA) is 73.8 Å². The Kier molecular flexibility index (Phi) is 7.95. The monoisotopic (exact) mass is 540 g/mol. The predicted octanol–water partition coefficient (Wildman–Crippen LogP) is 4.85. The van der Waals surface area contributed by atoms with Crippen molar-refractivity contribution in [2.45, 2.75) is 43.9 Å². The molecule has 1 aromatic carbocycles. The number of likely N-dealkylation sites (N-methyl/N-ethyl adjacent to an activating group) is 1. The highest BCUT2D eigenvalue weighted by Crippen LogP contribution is 2.35. The number of benzene rings is 1. The molecular formula is C23H29ClN4O3S3. The molecule has 1 atom stereocenters. The van der Waals surface area contributed by atoms with E-state index >= 15 is 0 Å². The van der Waals surface area contributed by atoms with Gasteiger partial charge in [0.25, 0.3) is 10.0 Å². The summed E-state index contributed by atoms with van der Waals surface area (Å²) in [6.07, 6.45) is 1.15. The second kappa shape index (κ2) is 10.6. The molecule has 1 aliphatic heterocycles. The molecule has 7 nitrogen and oxygen atoms in total. The molecule has 1 fully saturated rings. The lowest BCUT2D eigenvalue weighted by Crippen LogP contribution is -2.49. The lowest BCUT2D eigenvalue weighted by molar-refractivity contribution is -0.121. The molecule has 184 valence electrons. The number of hydrogen-bond donors (Lipinski definition) is 0. The standard InChI is InChI=1S/C23H29ClN4O3S3/c1-4-26(5-2)13-14-27(23-25-21-16(3)17(24)10-11-19(21)33-23)22(29)18-8-6-12-28(18)34(30,31)20-9-7-15-32-20/h7,9-11,15,18H,4-6,8,12-14H2,1-3H3. The molecule has 0 N–H and O–H groups in total. The van der Waals surface area contributed by atoms with E-state index in [9.17, 15) is 13.2 Å². The molecule has 0 bridgehead atoms. The summed E-state index contributed by atoms with van der Waals surface area (Å²) in [5.74, 6) is -0.215. The van der Waals surface area contributed by atoms with E-state index in [0.717, 1.165) is 28.9 Å². The van der Waals surface area contributed by atoms with Crippen molar-refractivity contribution in [3.8, 4) is 0 Å². The van der Waals surface area contributed by atoms with Crippen LogP contribution in [-0.4, -0.2) is 67.3 Å².